The molecule has 0 spiro atoms. The van der Waals surface area contributed by atoms with Crippen LogP contribution in [0.2, 0.25) is 0 Å². The fraction of sp³-hybridized carbons (Fsp3) is 1.00. The molecule has 1 saturated carbocycles. The van der Waals surface area contributed by atoms with Gasteiger partial charge in [-0.05, 0) is 44.0 Å². The van der Waals surface area contributed by atoms with E-state index in [1.165, 1.54) is 19.3 Å². The second-order valence-electron chi connectivity index (χ2n) is 5.16. The fourth-order valence-electron chi connectivity index (χ4n) is 2.45. The van der Waals surface area contributed by atoms with E-state index in [2.05, 4.69) is 10.2 Å². The minimum absolute atomic E-state index is 0.104. The average molecular weight is 282 g/mol. The van der Waals surface area contributed by atoms with E-state index in [9.17, 15) is 13.2 Å². The molecule has 2 fully saturated rings. The highest BCUT2D eigenvalue weighted by atomic mass is 32.2. The predicted molar refractivity (Wildman–Crippen MR) is 68.7 cm³/mol. The molecule has 1 heterocycles. The lowest BCUT2D eigenvalue weighted by Gasteiger charge is -2.36. The summed E-state index contributed by atoms with van der Waals surface area (Å²) in [5.41, 5.74) is -4.09. The van der Waals surface area contributed by atoms with Gasteiger partial charge in [0.2, 0.25) is 0 Å². The van der Waals surface area contributed by atoms with Gasteiger partial charge in [0.1, 0.15) is 0 Å². The first-order valence-corrected chi connectivity index (χ1v) is 7.71. The van der Waals surface area contributed by atoms with E-state index < -0.39 is 5.51 Å². The van der Waals surface area contributed by atoms with Gasteiger partial charge in [-0.25, -0.2) is 0 Å². The molecule has 0 aromatic heterocycles. The van der Waals surface area contributed by atoms with Crippen LogP contribution in [0.4, 0.5) is 13.2 Å². The van der Waals surface area contributed by atoms with Gasteiger partial charge in [0, 0.05) is 30.9 Å². The molecule has 1 N–H and O–H groups in total. The summed E-state index contributed by atoms with van der Waals surface area (Å²) >= 11 is 0.104. The van der Waals surface area contributed by atoms with Gasteiger partial charge in [-0.2, -0.15) is 13.2 Å². The van der Waals surface area contributed by atoms with Crippen LogP contribution in [0.5, 0.6) is 0 Å². The van der Waals surface area contributed by atoms with Gasteiger partial charge >= 0.3 is 5.51 Å². The summed E-state index contributed by atoms with van der Waals surface area (Å²) in [5, 5.41) is 3.49. The van der Waals surface area contributed by atoms with Crippen LogP contribution >= 0.6 is 11.8 Å². The van der Waals surface area contributed by atoms with Crippen LogP contribution in [0.25, 0.3) is 0 Å². The molecule has 1 atom stereocenters. The number of alkyl halides is 3. The van der Waals surface area contributed by atoms with Crippen molar-refractivity contribution in [2.24, 2.45) is 0 Å². The second kappa shape index (κ2) is 6.48. The van der Waals surface area contributed by atoms with Crippen LogP contribution in [-0.2, 0) is 0 Å². The van der Waals surface area contributed by atoms with Crippen molar-refractivity contribution in [3.05, 3.63) is 0 Å². The van der Waals surface area contributed by atoms with Gasteiger partial charge in [0.15, 0.2) is 0 Å². The Balaban J connectivity index is 1.68. The Labute approximate surface area is 111 Å². The van der Waals surface area contributed by atoms with E-state index in [-0.39, 0.29) is 17.5 Å². The molecule has 0 amide bonds. The summed E-state index contributed by atoms with van der Waals surface area (Å²) in [4.78, 5) is 2.23. The molecule has 0 radical (unpaired) electrons. The number of likely N-dealkylation sites (tertiary alicyclic amines) is 1. The Morgan fingerprint density at radius 3 is 2.61 bits per heavy atom. The maximum Gasteiger partial charge on any atom is 0.441 e. The largest absolute Gasteiger partial charge is 0.441 e. The maximum atomic E-state index is 12.1. The molecule has 6 heteroatoms. The number of nitrogens with one attached hydrogen (secondary N) is 1. The lowest BCUT2D eigenvalue weighted by molar-refractivity contribution is -0.0329. The van der Waals surface area contributed by atoms with Crippen molar-refractivity contribution in [1.82, 2.24) is 10.2 Å². The number of piperidine rings is 1. The third-order valence-electron chi connectivity index (χ3n) is 3.61. The monoisotopic (exact) mass is 282 g/mol. The van der Waals surface area contributed by atoms with Crippen LogP contribution in [0, 0.1) is 0 Å². The average Bonchev–Trinajstić information content (AvgIpc) is 3.10. The van der Waals surface area contributed by atoms with Crippen molar-refractivity contribution in [3.8, 4) is 0 Å². The number of hydrogen-bond acceptors (Lipinski definition) is 3. The Kier molecular flexibility index (Phi) is 5.21. The molecule has 1 unspecified atom stereocenters. The zero-order valence-corrected chi connectivity index (χ0v) is 11.3. The van der Waals surface area contributed by atoms with Gasteiger partial charge in [0.05, 0.1) is 0 Å². The number of nitrogens with zero attached hydrogens (tertiary/aromatic N) is 1. The van der Waals surface area contributed by atoms with Crippen molar-refractivity contribution in [1.29, 1.82) is 0 Å². The smallest absolute Gasteiger partial charge is 0.312 e. The van der Waals surface area contributed by atoms with Crippen LogP contribution in [0.15, 0.2) is 0 Å². The summed E-state index contributed by atoms with van der Waals surface area (Å²) in [7, 11) is 0. The minimum Gasteiger partial charge on any atom is -0.312 e. The van der Waals surface area contributed by atoms with Gasteiger partial charge in [-0.3, -0.25) is 4.90 Å². The highest BCUT2D eigenvalue weighted by Gasteiger charge is 2.30. The fourth-order valence-corrected chi connectivity index (χ4v) is 3.01. The Bertz CT molecular complexity index is 256. The summed E-state index contributed by atoms with van der Waals surface area (Å²) < 4.78 is 36.3. The van der Waals surface area contributed by atoms with E-state index in [0.717, 1.165) is 25.9 Å². The van der Waals surface area contributed by atoms with Crippen LogP contribution in [0.3, 0.4) is 0 Å². The molecule has 1 aliphatic heterocycles. The molecule has 18 heavy (non-hydrogen) atoms. The van der Waals surface area contributed by atoms with E-state index in [1.54, 1.807) is 0 Å². The lowest BCUT2D eigenvalue weighted by atomic mass is 10.0. The molecule has 2 rings (SSSR count). The third-order valence-corrected chi connectivity index (χ3v) is 4.33. The molecule has 0 aromatic rings. The van der Waals surface area contributed by atoms with Gasteiger partial charge in [-0.1, -0.05) is 6.42 Å². The summed E-state index contributed by atoms with van der Waals surface area (Å²) in [6.45, 7) is 2.46. The number of thioether (sulfide) groups is 1. The molecule has 106 valence electrons. The highest BCUT2D eigenvalue weighted by molar-refractivity contribution is 8.00. The highest BCUT2D eigenvalue weighted by Crippen LogP contribution is 2.30. The molecule has 0 aromatic carbocycles. The first-order chi connectivity index (χ1) is 8.54. The molecule has 1 aliphatic carbocycles. The van der Waals surface area contributed by atoms with Crippen LogP contribution in [0.1, 0.15) is 32.1 Å². The van der Waals surface area contributed by atoms with Gasteiger partial charge in [0.25, 0.3) is 0 Å². The Morgan fingerprint density at radius 1 is 1.17 bits per heavy atom. The first-order valence-electron chi connectivity index (χ1n) is 6.73. The zero-order chi connectivity index (χ0) is 13.0. The molecule has 2 nitrogen and oxygen atoms in total. The normalized spacial score (nSPS) is 26.5. The van der Waals surface area contributed by atoms with Gasteiger partial charge in [-0.15, -0.1) is 0 Å². The quantitative estimate of drug-likeness (QED) is 0.806. The first kappa shape index (κ1) is 14.5. The zero-order valence-electron chi connectivity index (χ0n) is 10.5. The van der Waals surface area contributed by atoms with Crippen molar-refractivity contribution in [3.63, 3.8) is 0 Å². The number of halogens is 3. The minimum atomic E-state index is -4.09. The van der Waals surface area contributed by atoms with Crippen molar-refractivity contribution >= 4 is 11.8 Å². The van der Waals surface area contributed by atoms with E-state index in [4.69, 9.17) is 0 Å². The van der Waals surface area contributed by atoms with Crippen molar-refractivity contribution < 1.29 is 13.2 Å². The van der Waals surface area contributed by atoms with E-state index in [1.807, 2.05) is 0 Å². The standard InChI is InChI=1S/C12H21F3N2S/c13-12(14,15)18-8-7-17-6-2-1-3-11(17)9-16-10-4-5-10/h10-11,16H,1-9H2. The Morgan fingerprint density at radius 2 is 1.94 bits per heavy atom. The maximum absolute atomic E-state index is 12.1. The van der Waals surface area contributed by atoms with Crippen LogP contribution < -0.4 is 5.32 Å². The number of hydrogen-bond donors (Lipinski definition) is 1. The Hall–Kier alpha value is 0.0600. The number of rotatable bonds is 6. The summed E-state index contributed by atoms with van der Waals surface area (Å²) in [6.07, 6.45) is 5.97. The van der Waals surface area contributed by atoms with Gasteiger partial charge < -0.3 is 5.32 Å². The topological polar surface area (TPSA) is 15.3 Å². The van der Waals surface area contributed by atoms with E-state index >= 15 is 0 Å². The molecular formula is C12H21F3N2S. The molecular weight excluding hydrogens is 261 g/mol. The molecule has 2 aliphatic rings. The van der Waals surface area contributed by atoms with E-state index in [0.29, 0.717) is 18.6 Å². The predicted octanol–water partition coefficient (Wildman–Crippen LogP) is 2.85. The summed E-state index contributed by atoms with van der Waals surface area (Å²) in [6, 6.07) is 1.12. The molecule has 0 bridgehead atoms. The second-order valence-corrected chi connectivity index (χ2v) is 6.32. The van der Waals surface area contributed by atoms with Crippen LogP contribution in [-0.4, -0.2) is 47.9 Å². The lowest BCUT2D eigenvalue weighted by Crippen LogP contribution is -2.46. The van der Waals surface area contributed by atoms with Crippen molar-refractivity contribution in [2.45, 2.75) is 49.7 Å². The molecule has 1 saturated heterocycles. The SMILES string of the molecule is FC(F)(F)SCCN1CCCCC1CNC1CC1. The van der Waals surface area contributed by atoms with Crippen molar-refractivity contribution in [2.75, 3.05) is 25.4 Å². The third kappa shape index (κ3) is 5.36. The summed E-state index contributed by atoms with van der Waals surface area (Å²) in [5.74, 6) is 0.156.